The summed E-state index contributed by atoms with van der Waals surface area (Å²) in [4.78, 5) is 19.3. The van der Waals surface area contributed by atoms with Gasteiger partial charge in [-0.3, -0.25) is 9.36 Å². The van der Waals surface area contributed by atoms with Gasteiger partial charge in [-0.05, 0) is 17.7 Å². The molecule has 0 aliphatic carbocycles. The molecule has 0 amide bonds. The minimum atomic E-state index is 0.0175. The van der Waals surface area contributed by atoms with E-state index in [4.69, 9.17) is 0 Å². The summed E-state index contributed by atoms with van der Waals surface area (Å²) in [5, 5.41) is 5.50. The molecule has 0 unspecified atom stereocenters. The first kappa shape index (κ1) is 13.6. The quantitative estimate of drug-likeness (QED) is 0.412. The van der Waals surface area contributed by atoms with Crippen LogP contribution in [0.25, 0.3) is 20.7 Å². The summed E-state index contributed by atoms with van der Waals surface area (Å²) in [6, 6.07) is 4.03. The zero-order valence-corrected chi connectivity index (χ0v) is 13.3. The van der Waals surface area contributed by atoms with E-state index in [1.165, 1.54) is 23.1 Å². The van der Waals surface area contributed by atoms with Crippen molar-refractivity contribution in [2.45, 2.75) is 11.7 Å². The van der Waals surface area contributed by atoms with E-state index in [0.717, 1.165) is 25.8 Å². The van der Waals surface area contributed by atoms with Gasteiger partial charge in [-0.1, -0.05) is 23.9 Å². The van der Waals surface area contributed by atoms with Crippen molar-refractivity contribution in [1.82, 2.24) is 9.55 Å². The summed E-state index contributed by atoms with van der Waals surface area (Å²) in [5.74, 6) is 0. The van der Waals surface area contributed by atoms with E-state index in [1.807, 2.05) is 29.1 Å². The molecule has 0 saturated heterocycles. The maximum absolute atomic E-state index is 12.7. The van der Waals surface area contributed by atoms with Gasteiger partial charge in [0.05, 0.1) is 5.39 Å². The highest BCUT2D eigenvalue weighted by Crippen LogP contribution is 2.34. The van der Waals surface area contributed by atoms with Crippen LogP contribution < -0.4 is 5.56 Å². The Labute approximate surface area is 128 Å². The molecular weight excluding hydrogens is 308 g/mol. The highest BCUT2D eigenvalue weighted by atomic mass is 32.2. The summed E-state index contributed by atoms with van der Waals surface area (Å²) in [5.41, 5.74) is 1.01. The lowest BCUT2D eigenvalue weighted by molar-refractivity contribution is 0.674. The first-order chi connectivity index (χ1) is 9.76. The second-order valence-corrected chi connectivity index (χ2v) is 6.69. The molecule has 102 valence electrons. The van der Waals surface area contributed by atoms with Crippen LogP contribution in [0.4, 0.5) is 0 Å². The van der Waals surface area contributed by atoms with E-state index in [-0.39, 0.29) is 5.56 Å². The lowest BCUT2D eigenvalue weighted by atomic mass is 10.2. The number of nitrogens with zero attached hydrogens (tertiary/aromatic N) is 2. The van der Waals surface area contributed by atoms with Crippen LogP contribution in [0.1, 0.15) is 0 Å². The van der Waals surface area contributed by atoms with E-state index in [9.17, 15) is 4.79 Å². The van der Waals surface area contributed by atoms with Crippen molar-refractivity contribution in [3.63, 3.8) is 0 Å². The summed E-state index contributed by atoms with van der Waals surface area (Å²) >= 11 is 4.65. The van der Waals surface area contributed by atoms with Crippen LogP contribution in [-0.2, 0) is 6.54 Å². The number of hydrogen-bond acceptors (Lipinski definition) is 5. The Balaban J connectivity index is 2.35. The summed E-state index contributed by atoms with van der Waals surface area (Å²) < 4.78 is 1.68. The third-order valence-electron chi connectivity index (χ3n) is 2.94. The van der Waals surface area contributed by atoms with E-state index in [1.54, 1.807) is 22.0 Å². The molecule has 3 aromatic heterocycles. The van der Waals surface area contributed by atoms with Crippen LogP contribution in [0.2, 0.25) is 0 Å². The Bertz CT molecular complexity index is 815. The Morgan fingerprint density at radius 3 is 3.00 bits per heavy atom. The fourth-order valence-electron chi connectivity index (χ4n) is 2.06. The first-order valence-corrected chi connectivity index (χ1v) is 8.95. The SMILES string of the molecule is C=CCn1c(SC)nc2scc(-c3cccs3)c2c1=O. The first-order valence-electron chi connectivity index (χ1n) is 5.97. The molecule has 3 aromatic rings. The minimum absolute atomic E-state index is 0.0175. The number of aromatic nitrogens is 2. The second-order valence-electron chi connectivity index (χ2n) is 4.11. The van der Waals surface area contributed by atoms with Crippen LogP contribution in [0.5, 0.6) is 0 Å². The zero-order valence-electron chi connectivity index (χ0n) is 10.8. The molecule has 0 saturated carbocycles. The second kappa shape index (κ2) is 5.55. The van der Waals surface area contributed by atoms with Crippen molar-refractivity contribution in [3.8, 4) is 10.4 Å². The van der Waals surface area contributed by atoms with Crippen molar-refractivity contribution < 1.29 is 0 Å². The standard InChI is InChI=1S/C14H12N2OS3/c1-3-6-16-13(17)11-9(10-5-4-7-19-10)8-20-12(11)15-14(16)18-2/h3-5,7-8H,1,6H2,2H3. The lowest BCUT2D eigenvalue weighted by Gasteiger charge is -2.08. The van der Waals surface area contributed by atoms with Crippen molar-refractivity contribution >= 4 is 44.7 Å². The molecule has 0 fully saturated rings. The maximum Gasteiger partial charge on any atom is 0.263 e. The van der Waals surface area contributed by atoms with Gasteiger partial charge in [0.1, 0.15) is 4.83 Å². The van der Waals surface area contributed by atoms with E-state index in [2.05, 4.69) is 11.6 Å². The van der Waals surface area contributed by atoms with E-state index in [0.29, 0.717) is 6.54 Å². The van der Waals surface area contributed by atoms with Gasteiger partial charge in [0, 0.05) is 22.4 Å². The number of thiophene rings is 2. The Kier molecular flexibility index (Phi) is 3.78. The molecule has 0 atom stereocenters. The largest absolute Gasteiger partial charge is 0.283 e. The summed E-state index contributed by atoms with van der Waals surface area (Å²) in [6.45, 7) is 4.20. The van der Waals surface area contributed by atoms with Crippen molar-refractivity contribution in [1.29, 1.82) is 0 Å². The maximum atomic E-state index is 12.7. The third kappa shape index (κ3) is 2.13. The van der Waals surface area contributed by atoms with Crippen molar-refractivity contribution in [2.75, 3.05) is 6.26 Å². The monoisotopic (exact) mass is 320 g/mol. The van der Waals surface area contributed by atoms with Gasteiger partial charge in [-0.2, -0.15) is 0 Å². The fourth-order valence-corrected chi connectivity index (χ4v) is 4.44. The highest BCUT2D eigenvalue weighted by Gasteiger charge is 2.16. The smallest absolute Gasteiger partial charge is 0.263 e. The highest BCUT2D eigenvalue weighted by molar-refractivity contribution is 7.98. The van der Waals surface area contributed by atoms with Crippen molar-refractivity contribution in [2.24, 2.45) is 0 Å². The predicted octanol–water partition coefficient (Wildman–Crippen LogP) is 4.09. The van der Waals surface area contributed by atoms with Gasteiger partial charge >= 0.3 is 0 Å². The molecule has 20 heavy (non-hydrogen) atoms. The average Bonchev–Trinajstić information content (AvgIpc) is 3.09. The molecule has 0 radical (unpaired) electrons. The normalized spacial score (nSPS) is 11.1. The number of hydrogen-bond donors (Lipinski definition) is 0. The van der Waals surface area contributed by atoms with Gasteiger partial charge in [-0.15, -0.1) is 29.3 Å². The summed E-state index contributed by atoms with van der Waals surface area (Å²) in [6.07, 6.45) is 3.66. The topological polar surface area (TPSA) is 34.9 Å². The predicted molar refractivity (Wildman–Crippen MR) is 89.2 cm³/mol. The Morgan fingerprint density at radius 1 is 1.50 bits per heavy atom. The molecule has 3 nitrogen and oxygen atoms in total. The third-order valence-corrected chi connectivity index (χ3v) is 5.39. The Hall–Kier alpha value is -1.37. The molecule has 0 N–H and O–H groups in total. The number of rotatable bonds is 4. The molecule has 0 aliphatic heterocycles. The molecule has 0 bridgehead atoms. The van der Waals surface area contributed by atoms with Crippen LogP contribution >= 0.6 is 34.4 Å². The van der Waals surface area contributed by atoms with Crippen LogP contribution in [0.15, 0.2) is 45.5 Å². The van der Waals surface area contributed by atoms with E-state index >= 15 is 0 Å². The van der Waals surface area contributed by atoms with Crippen LogP contribution in [0.3, 0.4) is 0 Å². The molecular formula is C14H12N2OS3. The van der Waals surface area contributed by atoms with Gasteiger partial charge in [0.15, 0.2) is 5.16 Å². The van der Waals surface area contributed by atoms with Gasteiger partial charge in [-0.25, -0.2) is 4.98 Å². The van der Waals surface area contributed by atoms with E-state index < -0.39 is 0 Å². The van der Waals surface area contributed by atoms with Gasteiger partial charge < -0.3 is 0 Å². The van der Waals surface area contributed by atoms with Gasteiger partial charge in [0.25, 0.3) is 5.56 Å². The fraction of sp³-hybridized carbons (Fsp3) is 0.143. The zero-order chi connectivity index (χ0) is 14.1. The molecule has 0 spiro atoms. The molecule has 3 rings (SSSR count). The number of fused-ring (bicyclic) bond motifs is 1. The molecule has 6 heteroatoms. The van der Waals surface area contributed by atoms with Crippen molar-refractivity contribution in [3.05, 3.63) is 45.9 Å². The van der Waals surface area contributed by atoms with Crippen LogP contribution in [-0.4, -0.2) is 15.8 Å². The average molecular weight is 320 g/mol. The molecule has 3 heterocycles. The molecule has 0 aromatic carbocycles. The minimum Gasteiger partial charge on any atom is -0.283 e. The van der Waals surface area contributed by atoms with Crippen LogP contribution in [0, 0.1) is 0 Å². The van der Waals surface area contributed by atoms with Gasteiger partial charge in [0.2, 0.25) is 0 Å². The Morgan fingerprint density at radius 2 is 2.35 bits per heavy atom. The summed E-state index contributed by atoms with van der Waals surface area (Å²) in [7, 11) is 0. The number of allylic oxidation sites excluding steroid dienone is 1. The number of thioether (sulfide) groups is 1. The lowest BCUT2D eigenvalue weighted by Crippen LogP contribution is -2.22. The molecule has 0 aliphatic rings.